The van der Waals surface area contributed by atoms with Gasteiger partial charge in [-0.25, -0.2) is 4.68 Å². The SMILES string of the molecule is COCCCn1nnnc1-c1cc(-c2cccc(C(=O)N3CCN(CCN4CCCC4)CC3)c2)c(O)cc1O. The molecule has 3 heterocycles. The number of hydrogen-bond acceptors (Lipinski definition) is 9. The number of phenolic OH excluding ortho intramolecular Hbond substituents is 2. The molecule has 2 fully saturated rings. The number of hydrogen-bond donors (Lipinski definition) is 2. The molecule has 208 valence electrons. The van der Waals surface area contributed by atoms with Gasteiger partial charge in [0.25, 0.3) is 5.91 Å². The van der Waals surface area contributed by atoms with E-state index in [0.29, 0.717) is 60.7 Å². The van der Waals surface area contributed by atoms with E-state index in [9.17, 15) is 15.0 Å². The second-order valence-electron chi connectivity index (χ2n) is 10.2. The quantitative estimate of drug-likeness (QED) is 0.377. The van der Waals surface area contributed by atoms with Crippen molar-refractivity contribution in [3.05, 3.63) is 42.0 Å². The van der Waals surface area contributed by atoms with E-state index in [1.807, 2.05) is 17.0 Å². The number of carbonyl (C=O) groups excluding carboxylic acids is 1. The van der Waals surface area contributed by atoms with Crippen molar-refractivity contribution < 1.29 is 19.7 Å². The zero-order valence-electron chi connectivity index (χ0n) is 22.5. The number of likely N-dealkylation sites (tertiary alicyclic amines) is 1. The van der Waals surface area contributed by atoms with Crippen LogP contribution >= 0.6 is 0 Å². The van der Waals surface area contributed by atoms with Gasteiger partial charge in [0.15, 0.2) is 5.82 Å². The smallest absolute Gasteiger partial charge is 0.253 e. The van der Waals surface area contributed by atoms with Crippen molar-refractivity contribution in [3.63, 3.8) is 0 Å². The fraction of sp³-hybridized carbons (Fsp3) is 0.500. The first kappa shape index (κ1) is 27.0. The molecule has 2 aliphatic rings. The number of carbonyl (C=O) groups is 1. The summed E-state index contributed by atoms with van der Waals surface area (Å²) >= 11 is 0. The summed E-state index contributed by atoms with van der Waals surface area (Å²) in [6.45, 7) is 8.79. The van der Waals surface area contributed by atoms with E-state index < -0.39 is 0 Å². The van der Waals surface area contributed by atoms with E-state index in [0.717, 1.165) is 26.2 Å². The van der Waals surface area contributed by atoms with Crippen molar-refractivity contribution in [2.24, 2.45) is 0 Å². The highest BCUT2D eigenvalue weighted by Gasteiger charge is 2.24. The molecule has 0 unspecified atom stereocenters. The van der Waals surface area contributed by atoms with Gasteiger partial charge >= 0.3 is 0 Å². The van der Waals surface area contributed by atoms with Gasteiger partial charge in [-0.1, -0.05) is 12.1 Å². The second kappa shape index (κ2) is 12.5. The molecule has 2 saturated heterocycles. The minimum Gasteiger partial charge on any atom is -0.507 e. The summed E-state index contributed by atoms with van der Waals surface area (Å²) in [5.41, 5.74) is 2.11. The molecule has 0 spiro atoms. The first-order valence-corrected chi connectivity index (χ1v) is 13.7. The molecule has 2 N–H and O–H groups in total. The Morgan fingerprint density at radius 2 is 1.62 bits per heavy atom. The number of nitrogens with zero attached hydrogens (tertiary/aromatic N) is 7. The van der Waals surface area contributed by atoms with Crippen LogP contribution in [-0.2, 0) is 11.3 Å². The predicted molar refractivity (Wildman–Crippen MR) is 147 cm³/mol. The van der Waals surface area contributed by atoms with Crippen LogP contribution in [0.25, 0.3) is 22.5 Å². The lowest BCUT2D eigenvalue weighted by molar-refractivity contribution is 0.0626. The van der Waals surface area contributed by atoms with Crippen molar-refractivity contribution >= 4 is 5.91 Å². The number of piperazine rings is 1. The monoisotopic (exact) mass is 535 g/mol. The molecule has 1 amide bonds. The zero-order valence-corrected chi connectivity index (χ0v) is 22.5. The maximum Gasteiger partial charge on any atom is 0.253 e. The Bertz CT molecular complexity index is 1270. The van der Waals surface area contributed by atoms with Gasteiger partial charge in [0.1, 0.15) is 11.5 Å². The number of phenols is 2. The van der Waals surface area contributed by atoms with Gasteiger partial charge < -0.3 is 24.7 Å². The van der Waals surface area contributed by atoms with Crippen molar-refractivity contribution in [1.29, 1.82) is 0 Å². The Labute approximate surface area is 228 Å². The van der Waals surface area contributed by atoms with Crippen LogP contribution in [0.2, 0.25) is 0 Å². The molecular formula is C28H37N7O4. The number of tetrazole rings is 1. The normalized spacial score (nSPS) is 16.7. The highest BCUT2D eigenvalue weighted by molar-refractivity contribution is 5.96. The van der Waals surface area contributed by atoms with E-state index >= 15 is 0 Å². The molecule has 5 rings (SSSR count). The highest BCUT2D eigenvalue weighted by atomic mass is 16.5. The number of ether oxygens (including phenoxy) is 1. The summed E-state index contributed by atoms with van der Waals surface area (Å²) in [7, 11) is 1.63. The van der Waals surface area contributed by atoms with Crippen LogP contribution < -0.4 is 0 Å². The molecule has 1 aromatic heterocycles. The van der Waals surface area contributed by atoms with Gasteiger partial charge in [-0.05, 0) is 66.5 Å². The number of benzene rings is 2. The number of aromatic nitrogens is 4. The molecule has 0 bridgehead atoms. The number of rotatable bonds is 10. The van der Waals surface area contributed by atoms with Crippen LogP contribution in [-0.4, -0.2) is 117 Å². The molecule has 39 heavy (non-hydrogen) atoms. The average Bonchev–Trinajstić information content (AvgIpc) is 3.65. The van der Waals surface area contributed by atoms with Gasteiger partial charge in [-0.15, -0.1) is 5.10 Å². The molecule has 11 nitrogen and oxygen atoms in total. The van der Waals surface area contributed by atoms with Crippen LogP contribution in [0.15, 0.2) is 36.4 Å². The molecule has 11 heteroatoms. The van der Waals surface area contributed by atoms with E-state index in [4.69, 9.17) is 4.74 Å². The summed E-state index contributed by atoms with van der Waals surface area (Å²) in [5.74, 6) is 0.149. The lowest BCUT2D eigenvalue weighted by Crippen LogP contribution is -2.50. The topological polar surface area (TPSA) is 120 Å². The summed E-state index contributed by atoms with van der Waals surface area (Å²) < 4.78 is 6.71. The highest BCUT2D eigenvalue weighted by Crippen LogP contribution is 2.39. The fourth-order valence-electron chi connectivity index (χ4n) is 5.36. The number of aromatic hydroxyl groups is 2. The van der Waals surface area contributed by atoms with Gasteiger partial charge in [-0.3, -0.25) is 9.69 Å². The lowest BCUT2D eigenvalue weighted by Gasteiger charge is -2.35. The van der Waals surface area contributed by atoms with Crippen molar-refractivity contribution in [2.75, 3.05) is 66.1 Å². The zero-order chi connectivity index (χ0) is 27.2. The Hall–Kier alpha value is -3.54. The van der Waals surface area contributed by atoms with Gasteiger partial charge in [0, 0.05) is 76.7 Å². The summed E-state index contributed by atoms with van der Waals surface area (Å²) in [4.78, 5) is 20.2. The van der Waals surface area contributed by atoms with Crippen molar-refractivity contribution in [3.8, 4) is 34.0 Å². The predicted octanol–water partition coefficient (Wildman–Crippen LogP) is 2.31. The summed E-state index contributed by atoms with van der Waals surface area (Å²) in [6, 6.07) is 10.2. The third-order valence-corrected chi connectivity index (χ3v) is 7.62. The molecule has 0 aliphatic carbocycles. The maximum atomic E-state index is 13.4. The van der Waals surface area contributed by atoms with E-state index in [2.05, 4.69) is 25.3 Å². The van der Waals surface area contributed by atoms with Gasteiger partial charge in [0.2, 0.25) is 0 Å². The number of methoxy groups -OCH3 is 1. The van der Waals surface area contributed by atoms with Crippen LogP contribution in [0, 0.1) is 0 Å². The Morgan fingerprint density at radius 3 is 2.36 bits per heavy atom. The molecule has 3 aromatic rings. The molecular weight excluding hydrogens is 498 g/mol. The number of aryl methyl sites for hydroxylation is 1. The Balaban J connectivity index is 1.29. The summed E-state index contributed by atoms with van der Waals surface area (Å²) in [6.07, 6.45) is 3.31. The van der Waals surface area contributed by atoms with Crippen LogP contribution in [0.5, 0.6) is 11.5 Å². The fourth-order valence-corrected chi connectivity index (χ4v) is 5.36. The van der Waals surface area contributed by atoms with Crippen LogP contribution in [0.3, 0.4) is 0 Å². The number of amides is 1. The summed E-state index contributed by atoms with van der Waals surface area (Å²) in [5, 5.41) is 33.2. The maximum absolute atomic E-state index is 13.4. The van der Waals surface area contributed by atoms with Crippen LogP contribution in [0.1, 0.15) is 29.6 Å². The van der Waals surface area contributed by atoms with Gasteiger partial charge in [0.05, 0.1) is 5.56 Å². The van der Waals surface area contributed by atoms with Gasteiger partial charge in [-0.2, -0.15) is 0 Å². The third-order valence-electron chi connectivity index (χ3n) is 7.62. The minimum absolute atomic E-state index is 0.0170. The van der Waals surface area contributed by atoms with E-state index in [1.54, 1.807) is 30.0 Å². The molecule has 2 aliphatic heterocycles. The molecule has 0 saturated carbocycles. The first-order chi connectivity index (χ1) is 19.0. The molecule has 2 aromatic carbocycles. The Morgan fingerprint density at radius 1 is 0.897 bits per heavy atom. The largest absolute Gasteiger partial charge is 0.507 e. The Kier molecular flexibility index (Phi) is 8.70. The lowest BCUT2D eigenvalue weighted by atomic mass is 9.98. The molecule has 0 radical (unpaired) electrons. The molecule has 0 atom stereocenters. The second-order valence-corrected chi connectivity index (χ2v) is 10.2. The van der Waals surface area contributed by atoms with E-state index in [-0.39, 0.29) is 17.4 Å². The van der Waals surface area contributed by atoms with Crippen LogP contribution in [0.4, 0.5) is 0 Å². The first-order valence-electron chi connectivity index (χ1n) is 13.7. The van der Waals surface area contributed by atoms with Crippen molar-refractivity contribution in [2.45, 2.75) is 25.8 Å². The minimum atomic E-state index is -0.131. The average molecular weight is 536 g/mol. The standard InChI is InChI=1S/C28H37N7O4/c1-39-17-5-10-35-27(29-30-31-35)24-19-23(25(36)20-26(24)37)21-6-4-7-22(18-21)28(38)34-15-13-33(14-16-34)12-11-32-8-2-3-9-32/h4,6-7,18-20,36-37H,2-3,5,8-17H2,1H3. The van der Waals surface area contributed by atoms with E-state index in [1.165, 1.54) is 32.0 Å². The van der Waals surface area contributed by atoms with Crippen molar-refractivity contribution in [1.82, 2.24) is 34.9 Å². The third kappa shape index (κ3) is 6.38.